The SMILES string of the molecule is CCCCCCS(=O)(=O)c1ccccc1C=Cc1ccccc1. The zero-order valence-electron chi connectivity index (χ0n) is 13.6. The fourth-order valence-corrected chi connectivity index (χ4v) is 4.07. The van der Waals surface area contributed by atoms with Gasteiger partial charge in [-0.1, -0.05) is 86.9 Å². The lowest BCUT2D eigenvalue weighted by Crippen LogP contribution is -2.08. The summed E-state index contributed by atoms with van der Waals surface area (Å²) in [6.07, 6.45) is 7.73. The van der Waals surface area contributed by atoms with Gasteiger partial charge >= 0.3 is 0 Å². The molecule has 0 fully saturated rings. The summed E-state index contributed by atoms with van der Waals surface area (Å²) >= 11 is 0. The Morgan fingerprint density at radius 3 is 2.26 bits per heavy atom. The molecule has 0 saturated carbocycles. The number of rotatable bonds is 8. The van der Waals surface area contributed by atoms with Crippen molar-refractivity contribution in [3.63, 3.8) is 0 Å². The fraction of sp³-hybridized carbons (Fsp3) is 0.300. The van der Waals surface area contributed by atoms with Crippen molar-refractivity contribution in [3.05, 3.63) is 65.7 Å². The summed E-state index contributed by atoms with van der Waals surface area (Å²) in [6.45, 7) is 2.12. The van der Waals surface area contributed by atoms with E-state index >= 15 is 0 Å². The van der Waals surface area contributed by atoms with Gasteiger partial charge in [0.05, 0.1) is 10.6 Å². The molecule has 0 atom stereocenters. The topological polar surface area (TPSA) is 34.1 Å². The van der Waals surface area contributed by atoms with E-state index in [1.54, 1.807) is 12.1 Å². The van der Waals surface area contributed by atoms with Crippen LogP contribution in [-0.2, 0) is 9.84 Å². The molecule has 0 aliphatic rings. The van der Waals surface area contributed by atoms with E-state index in [1.807, 2.05) is 54.6 Å². The molecule has 2 aromatic carbocycles. The number of hydrogen-bond donors (Lipinski definition) is 0. The van der Waals surface area contributed by atoms with Gasteiger partial charge in [0.2, 0.25) is 0 Å². The molecule has 122 valence electrons. The third kappa shape index (κ3) is 5.36. The van der Waals surface area contributed by atoms with Crippen molar-refractivity contribution in [2.75, 3.05) is 5.75 Å². The van der Waals surface area contributed by atoms with Crippen LogP contribution in [0, 0.1) is 0 Å². The first-order chi connectivity index (χ1) is 11.1. The Labute approximate surface area is 139 Å². The van der Waals surface area contributed by atoms with Crippen molar-refractivity contribution in [1.82, 2.24) is 0 Å². The minimum Gasteiger partial charge on any atom is -0.224 e. The van der Waals surface area contributed by atoms with Gasteiger partial charge in [0.1, 0.15) is 0 Å². The molecular weight excluding hydrogens is 304 g/mol. The molecule has 0 spiro atoms. The predicted octanol–water partition coefficient (Wildman–Crippen LogP) is 5.21. The van der Waals surface area contributed by atoms with Crippen LogP contribution in [-0.4, -0.2) is 14.2 Å². The lowest BCUT2D eigenvalue weighted by molar-refractivity contribution is 0.589. The Bertz CT molecular complexity index is 731. The van der Waals surface area contributed by atoms with Crippen LogP contribution in [0.25, 0.3) is 12.2 Å². The lowest BCUT2D eigenvalue weighted by atomic mass is 10.1. The molecule has 0 N–H and O–H groups in total. The Hall–Kier alpha value is -1.87. The first kappa shape index (κ1) is 17.5. The number of benzene rings is 2. The largest absolute Gasteiger partial charge is 0.224 e. The average Bonchev–Trinajstić information content (AvgIpc) is 2.58. The van der Waals surface area contributed by atoms with Gasteiger partial charge < -0.3 is 0 Å². The molecule has 3 heteroatoms. The molecule has 0 bridgehead atoms. The Kier molecular flexibility index (Phi) is 6.60. The third-order valence-electron chi connectivity index (χ3n) is 3.78. The summed E-state index contributed by atoms with van der Waals surface area (Å²) < 4.78 is 25.2. The number of unbranched alkanes of at least 4 members (excludes halogenated alkanes) is 3. The average molecular weight is 328 g/mol. The molecule has 23 heavy (non-hydrogen) atoms. The summed E-state index contributed by atoms with van der Waals surface area (Å²) in [7, 11) is -3.23. The lowest BCUT2D eigenvalue weighted by Gasteiger charge is -2.08. The molecular formula is C20H24O2S. The third-order valence-corrected chi connectivity index (χ3v) is 5.64. The van der Waals surface area contributed by atoms with Crippen LogP contribution in [0.3, 0.4) is 0 Å². The summed E-state index contributed by atoms with van der Waals surface area (Å²) in [4.78, 5) is 0.434. The minimum atomic E-state index is -3.23. The highest BCUT2D eigenvalue weighted by Gasteiger charge is 2.16. The molecule has 0 saturated heterocycles. The molecule has 0 unspecified atom stereocenters. The highest BCUT2D eigenvalue weighted by atomic mass is 32.2. The van der Waals surface area contributed by atoms with Crippen molar-refractivity contribution in [3.8, 4) is 0 Å². The van der Waals surface area contributed by atoms with Crippen LogP contribution >= 0.6 is 0 Å². The van der Waals surface area contributed by atoms with E-state index in [0.29, 0.717) is 4.90 Å². The van der Waals surface area contributed by atoms with Gasteiger partial charge in [-0.2, -0.15) is 0 Å². The van der Waals surface area contributed by atoms with E-state index < -0.39 is 9.84 Å². The molecule has 2 rings (SSSR count). The van der Waals surface area contributed by atoms with Gasteiger partial charge in [-0.15, -0.1) is 0 Å². The van der Waals surface area contributed by atoms with Crippen molar-refractivity contribution in [1.29, 1.82) is 0 Å². The van der Waals surface area contributed by atoms with Crippen molar-refractivity contribution < 1.29 is 8.42 Å². The smallest absolute Gasteiger partial charge is 0.178 e. The highest BCUT2D eigenvalue weighted by Crippen LogP contribution is 2.21. The maximum atomic E-state index is 12.6. The number of sulfone groups is 1. The second-order valence-corrected chi connectivity index (χ2v) is 7.74. The van der Waals surface area contributed by atoms with Crippen LogP contribution in [0.5, 0.6) is 0 Å². The van der Waals surface area contributed by atoms with Crippen molar-refractivity contribution in [2.24, 2.45) is 0 Å². The minimum absolute atomic E-state index is 0.225. The second-order valence-electron chi connectivity index (χ2n) is 5.66. The van der Waals surface area contributed by atoms with Gasteiger partial charge in [0, 0.05) is 0 Å². The molecule has 0 radical (unpaired) electrons. The number of hydrogen-bond acceptors (Lipinski definition) is 2. The summed E-state index contributed by atoms with van der Waals surface area (Å²) in [5.74, 6) is 0.225. The molecule has 0 aliphatic carbocycles. The monoisotopic (exact) mass is 328 g/mol. The first-order valence-corrected chi connectivity index (χ1v) is 9.83. The predicted molar refractivity (Wildman–Crippen MR) is 98.0 cm³/mol. The summed E-state index contributed by atoms with van der Waals surface area (Å²) in [6, 6.07) is 17.1. The van der Waals surface area contributed by atoms with E-state index in [-0.39, 0.29) is 5.75 Å². The highest BCUT2D eigenvalue weighted by molar-refractivity contribution is 7.91. The van der Waals surface area contributed by atoms with Crippen LogP contribution < -0.4 is 0 Å². The summed E-state index contributed by atoms with van der Waals surface area (Å²) in [5.41, 5.74) is 1.81. The van der Waals surface area contributed by atoms with Crippen LogP contribution in [0.2, 0.25) is 0 Å². The summed E-state index contributed by atoms with van der Waals surface area (Å²) in [5, 5.41) is 0. The molecule has 0 aromatic heterocycles. The van der Waals surface area contributed by atoms with E-state index in [9.17, 15) is 8.42 Å². The van der Waals surface area contributed by atoms with E-state index in [2.05, 4.69) is 6.92 Å². The molecule has 0 amide bonds. The van der Waals surface area contributed by atoms with Crippen molar-refractivity contribution in [2.45, 2.75) is 37.5 Å². The maximum Gasteiger partial charge on any atom is 0.178 e. The molecule has 0 aliphatic heterocycles. The fourth-order valence-electron chi connectivity index (χ4n) is 2.48. The zero-order valence-corrected chi connectivity index (χ0v) is 14.4. The van der Waals surface area contributed by atoms with Crippen LogP contribution in [0.4, 0.5) is 0 Å². The van der Waals surface area contributed by atoms with Gasteiger partial charge in [0.25, 0.3) is 0 Å². The van der Waals surface area contributed by atoms with E-state index in [1.165, 1.54) is 0 Å². The Morgan fingerprint density at radius 1 is 0.826 bits per heavy atom. The van der Waals surface area contributed by atoms with Gasteiger partial charge in [-0.25, -0.2) is 8.42 Å². The standard InChI is InChI=1S/C20H24O2S/c1-2-3-4-10-17-23(21,22)20-14-9-8-13-19(20)16-15-18-11-6-5-7-12-18/h5-9,11-16H,2-4,10,17H2,1H3. The molecule has 0 heterocycles. The van der Waals surface area contributed by atoms with Gasteiger partial charge in [0.15, 0.2) is 9.84 Å². The van der Waals surface area contributed by atoms with E-state index in [0.717, 1.165) is 36.8 Å². The van der Waals surface area contributed by atoms with E-state index in [4.69, 9.17) is 0 Å². The van der Waals surface area contributed by atoms with Gasteiger partial charge in [-0.3, -0.25) is 0 Å². The first-order valence-electron chi connectivity index (χ1n) is 8.18. The van der Waals surface area contributed by atoms with Gasteiger partial charge in [-0.05, 0) is 23.6 Å². The van der Waals surface area contributed by atoms with Crippen molar-refractivity contribution >= 4 is 22.0 Å². The Balaban J connectivity index is 2.18. The molecule has 2 aromatic rings. The maximum absolute atomic E-state index is 12.6. The second kappa shape index (κ2) is 8.68. The zero-order chi connectivity index (χ0) is 16.5. The quantitative estimate of drug-likeness (QED) is 0.492. The Morgan fingerprint density at radius 2 is 1.52 bits per heavy atom. The van der Waals surface area contributed by atoms with Crippen LogP contribution in [0.15, 0.2) is 59.5 Å². The normalized spacial score (nSPS) is 11.9. The van der Waals surface area contributed by atoms with Crippen LogP contribution in [0.1, 0.15) is 43.7 Å². The molecule has 2 nitrogen and oxygen atoms in total.